The smallest absolute Gasteiger partial charge is 0.407 e. The van der Waals surface area contributed by atoms with Gasteiger partial charge >= 0.3 is 12.1 Å². The van der Waals surface area contributed by atoms with Gasteiger partial charge in [0.05, 0.1) is 0 Å². The third-order valence-corrected chi connectivity index (χ3v) is 4.83. The lowest BCUT2D eigenvalue weighted by Crippen LogP contribution is -2.39. The van der Waals surface area contributed by atoms with Crippen molar-refractivity contribution in [3.63, 3.8) is 0 Å². The molecule has 2 aromatic rings. The molecule has 1 aromatic heterocycles. The fourth-order valence-corrected chi connectivity index (χ4v) is 3.21. The first-order valence-electron chi connectivity index (χ1n) is 10.6. The molecule has 0 radical (unpaired) electrons. The number of nitrogens with one attached hydrogen (secondary N) is 2. The molecule has 0 saturated carbocycles. The van der Waals surface area contributed by atoms with Gasteiger partial charge in [0.2, 0.25) is 11.5 Å². The second kappa shape index (κ2) is 10.2. The zero-order valence-corrected chi connectivity index (χ0v) is 19.0. The van der Waals surface area contributed by atoms with Crippen molar-refractivity contribution in [2.45, 2.75) is 39.3 Å². The molecule has 0 atom stereocenters. The molecule has 1 aliphatic rings. The molecule has 12 nitrogen and oxygen atoms in total. The number of rotatable bonds is 4. The molecular weight excluding hydrogens is 430 g/mol. The maximum absolute atomic E-state index is 12.7. The highest BCUT2D eigenvalue weighted by Crippen LogP contribution is 2.14. The Morgan fingerprint density at radius 1 is 1.06 bits per heavy atom. The Morgan fingerprint density at radius 3 is 2.36 bits per heavy atom. The van der Waals surface area contributed by atoms with Crippen molar-refractivity contribution in [1.82, 2.24) is 25.4 Å². The fourth-order valence-electron chi connectivity index (χ4n) is 3.21. The Bertz CT molecular complexity index is 984. The minimum atomic E-state index is -0.559. The van der Waals surface area contributed by atoms with Gasteiger partial charge < -0.3 is 30.9 Å². The summed E-state index contributed by atoms with van der Waals surface area (Å²) in [5.74, 6) is -0.421. The Morgan fingerprint density at radius 2 is 1.73 bits per heavy atom. The van der Waals surface area contributed by atoms with E-state index >= 15 is 0 Å². The number of carbonyl (C=O) groups excluding carboxylic acids is 3. The molecule has 0 unspecified atom stereocenters. The number of benzene rings is 1. The molecular formula is C21H29N7O5. The Labute approximate surface area is 191 Å². The first-order chi connectivity index (χ1) is 15.6. The van der Waals surface area contributed by atoms with E-state index in [4.69, 9.17) is 10.5 Å². The Kier molecular flexibility index (Phi) is 7.36. The third-order valence-electron chi connectivity index (χ3n) is 4.83. The van der Waals surface area contributed by atoms with Crippen LogP contribution in [0.5, 0.6) is 0 Å². The summed E-state index contributed by atoms with van der Waals surface area (Å²) in [5, 5.41) is 12.5. The van der Waals surface area contributed by atoms with Crippen LogP contribution in [0.3, 0.4) is 0 Å². The van der Waals surface area contributed by atoms with Crippen LogP contribution in [0.4, 0.5) is 21.1 Å². The lowest BCUT2D eigenvalue weighted by Gasteiger charge is -2.22. The lowest BCUT2D eigenvalue weighted by atomic mass is 10.2. The molecule has 2 heterocycles. The third kappa shape index (κ3) is 6.82. The summed E-state index contributed by atoms with van der Waals surface area (Å²) in [6.45, 7) is 7.38. The average molecular weight is 460 g/mol. The minimum Gasteiger partial charge on any atom is -0.444 e. The molecule has 1 saturated heterocycles. The van der Waals surface area contributed by atoms with E-state index in [9.17, 15) is 14.4 Å². The summed E-state index contributed by atoms with van der Waals surface area (Å²) < 4.78 is 9.70. The van der Waals surface area contributed by atoms with Crippen LogP contribution in [-0.4, -0.2) is 69.9 Å². The molecule has 12 heteroatoms. The van der Waals surface area contributed by atoms with Crippen LogP contribution >= 0.6 is 0 Å². The summed E-state index contributed by atoms with van der Waals surface area (Å²) in [6.07, 6.45) is 0.121. The largest absolute Gasteiger partial charge is 0.444 e. The van der Waals surface area contributed by atoms with Crippen LogP contribution in [0.2, 0.25) is 0 Å². The van der Waals surface area contributed by atoms with E-state index in [1.807, 2.05) is 12.1 Å². The first kappa shape index (κ1) is 23.8. The number of nitrogens with two attached hydrogens (primary N) is 1. The van der Waals surface area contributed by atoms with Crippen LogP contribution < -0.4 is 16.4 Å². The molecule has 0 bridgehead atoms. The average Bonchev–Trinajstić information content (AvgIpc) is 3.02. The van der Waals surface area contributed by atoms with Gasteiger partial charge in [0, 0.05) is 38.4 Å². The number of urea groups is 1. The predicted octanol–water partition coefficient (Wildman–Crippen LogP) is 2.06. The highest BCUT2D eigenvalue weighted by atomic mass is 16.6. The van der Waals surface area contributed by atoms with Crippen molar-refractivity contribution >= 4 is 29.5 Å². The van der Waals surface area contributed by atoms with Crippen LogP contribution in [0.1, 0.15) is 43.2 Å². The lowest BCUT2D eigenvalue weighted by molar-refractivity contribution is 0.0523. The number of anilines is 2. The summed E-state index contributed by atoms with van der Waals surface area (Å²) in [4.78, 5) is 40.2. The van der Waals surface area contributed by atoms with Crippen molar-refractivity contribution < 1.29 is 23.7 Å². The molecule has 0 spiro atoms. The van der Waals surface area contributed by atoms with Crippen LogP contribution in [0, 0.1) is 0 Å². The molecule has 4 N–H and O–H groups in total. The molecule has 4 amide bonds. The zero-order chi connectivity index (χ0) is 24.0. The topological polar surface area (TPSA) is 156 Å². The van der Waals surface area contributed by atoms with E-state index in [0.717, 1.165) is 5.56 Å². The second-order valence-electron chi connectivity index (χ2n) is 8.61. The molecule has 33 heavy (non-hydrogen) atoms. The summed E-state index contributed by atoms with van der Waals surface area (Å²) in [7, 11) is 0. The van der Waals surface area contributed by atoms with Crippen molar-refractivity contribution in [3.8, 4) is 0 Å². The van der Waals surface area contributed by atoms with E-state index in [-0.39, 0.29) is 23.5 Å². The van der Waals surface area contributed by atoms with Crippen LogP contribution in [-0.2, 0) is 11.3 Å². The summed E-state index contributed by atoms with van der Waals surface area (Å²) in [6, 6.07) is 6.89. The standard InChI is InChI=1S/C21H29N7O5/c1-21(2,3)32-20(31)23-13-14-5-7-15(8-6-14)24-19(30)28-10-4-9-27(11-12-28)18(29)16-17(22)26-33-25-16/h5-8H,4,9-13H2,1-3H3,(H2,22,26)(H,23,31)(H,24,30). The quantitative estimate of drug-likeness (QED) is 0.627. The maximum Gasteiger partial charge on any atom is 0.407 e. The van der Waals surface area contributed by atoms with Crippen molar-refractivity contribution in [2.75, 3.05) is 37.2 Å². The highest BCUT2D eigenvalue weighted by molar-refractivity contribution is 5.96. The van der Waals surface area contributed by atoms with Crippen LogP contribution in [0.15, 0.2) is 28.9 Å². The minimum absolute atomic E-state index is 0.0193. The van der Waals surface area contributed by atoms with Gasteiger partial charge in [-0.3, -0.25) is 4.79 Å². The predicted molar refractivity (Wildman–Crippen MR) is 119 cm³/mol. The maximum atomic E-state index is 12.7. The number of hydrogen-bond acceptors (Lipinski definition) is 8. The number of nitrogen functional groups attached to an aromatic ring is 1. The Hall–Kier alpha value is -3.83. The zero-order valence-electron chi connectivity index (χ0n) is 19.0. The van der Waals surface area contributed by atoms with E-state index in [2.05, 4.69) is 25.6 Å². The normalized spacial score (nSPS) is 14.4. The van der Waals surface area contributed by atoms with E-state index in [0.29, 0.717) is 44.8 Å². The van der Waals surface area contributed by atoms with Crippen molar-refractivity contribution in [3.05, 3.63) is 35.5 Å². The van der Waals surface area contributed by atoms with Gasteiger partial charge in [-0.05, 0) is 55.2 Å². The van der Waals surface area contributed by atoms with Gasteiger partial charge in [-0.25, -0.2) is 14.2 Å². The van der Waals surface area contributed by atoms with Gasteiger partial charge in [0.25, 0.3) is 5.91 Å². The SMILES string of the molecule is CC(C)(C)OC(=O)NCc1ccc(NC(=O)N2CCCN(C(=O)c3nonc3N)CC2)cc1. The molecule has 1 aliphatic heterocycles. The van der Waals surface area contributed by atoms with Gasteiger partial charge in [-0.2, -0.15) is 0 Å². The second-order valence-corrected chi connectivity index (χ2v) is 8.61. The number of nitrogens with zero attached hydrogens (tertiary/aromatic N) is 4. The number of amides is 4. The summed E-state index contributed by atoms with van der Waals surface area (Å²) >= 11 is 0. The molecule has 3 rings (SSSR count). The van der Waals surface area contributed by atoms with Gasteiger partial charge in [0.1, 0.15) is 5.60 Å². The van der Waals surface area contributed by atoms with Gasteiger partial charge in [-0.15, -0.1) is 0 Å². The highest BCUT2D eigenvalue weighted by Gasteiger charge is 2.26. The fraction of sp³-hybridized carbons (Fsp3) is 0.476. The first-order valence-corrected chi connectivity index (χ1v) is 10.6. The monoisotopic (exact) mass is 459 g/mol. The molecule has 1 fully saturated rings. The number of ether oxygens (including phenoxy) is 1. The Balaban J connectivity index is 1.48. The summed E-state index contributed by atoms with van der Waals surface area (Å²) in [5.41, 5.74) is 6.51. The number of hydrogen-bond donors (Lipinski definition) is 3. The molecule has 0 aliphatic carbocycles. The van der Waals surface area contributed by atoms with Crippen molar-refractivity contribution in [1.29, 1.82) is 0 Å². The molecule has 178 valence electrons. The van der Waals surface area contributed by atoms with E-state index < -0.39 is 11.7 Å². The van der Waals surface area contributed by atoms with Gasteiger partial charge in [0.15, 0.2) is 0 Å². The number of carbonyl (C=O) groups is 3. The van der Waals surface area contributed by atoms with Crippen LogP contribution in [0.25, 0.3) is 0 Å². The van der Waals surface area contributed by atoms with Crippen molar-refractivity contribution in [2.24, 2.45) is 0 Å². The van der Waals surface area contributed by atoms with E-state index in [1.165, 1.54) is 0 Å². The van der Waals surface area contributed by atoms with Gasteiger partial charge in [-0.1, -0.05) is 12.1 Å². The number of aromatic nitrogens is 2. The van der Waals surface area contributed by atoms with E-state index in [1.54, 1.807) is 42.7 Å². The molecule has 1 aromatic carbocycles. The number of alkyl carbamates (subject to hydrolysis) is 1.